The van der Waals surface area contributed by atoms with Crippen molar-refractivity contribution in [2.45, 2.75) is 26.7 Å². The van der Waals surface area contributed by atoms with E-state index in [1.54, 1.807) is 4.68 Å². The number of halogens is 2. The topological polar surface area (TPSA) is 56.2 Å². The fourth-order valence-electron chi connectivity index (χ4n) is 2.63. The van der Waals surface area contributed by atoms with Gasteiger partial charge in [0.05, 0.1) is 18.2 Å². The molecule has 7 heteroatoms. The third-order valence-corrected chi connectivity index (χ3v) is 3.94. The minimum absolute atomic E-state index is 0.0438. The fraction of sp³-hybridized carbons (Fsp3) is 0.412. The Hall–Kier alpha value is -2.44. The van der Waals surface area contributed by atoms with Crippen molar-refractivity contribution in [1.29, 1.82) is 0 Å². The van der Waals surface area contributed by atoms with Gasteiger partial charge in [-0.05, 0) is 32.9 Å². The van der Waals surface area contributed by atoms with E-state index >= 15 is 0 Å². The molecule has 0 spiro atoms. The molecule has 0 saturated carbocycles. The van der Waals surface area contributed by atoms with E-state index in [0.717, 1.165) is 29.1 Å². The maximum atomic E-state index is 13.4. The Morgan fingerprint density at radius 1 is 1.38 bits per heavy atom. The molecule has 0 fully saturated rings. The van der Waals surface area contributed by atoms with Crippen molar-refractivity contribution in [3.8, 4) is 5.75 Å². The average molecular weight is 337 g/mol. The minimum atomic E-state index is -0.767. The molecule has 5 nitrogen and oxygen atoms in total. The summed E-state index contributed by atoms with van der Waals surface area (Å²) in [6, 6.07) is 3.09. The van der Waals surface area contributed by atoms with Crippen molar-refractivity contribution in [3.05, 3.63) is 46.8 Å². The van der Waals surface area contributed by atoms with Crippen molar-refractivity contribution >= 4 is 5.91 Å². The van der Waals surface area contributed by atoms with Gasteiger partial charge in [0.25, 0.3) is 0 Å². The molecule has 1 heterocycles. The molecule has 0 bridgehead atoms. The van der Waals surface area contributed by atoms with Gasteiger partial charge < -0.3 is 10.1 Å². The number of hydrogen-bond donors (Lipinski definition) is 1. The van der Waals surface area contributed by atoms with Crippen molar-refractivity contribution < 1.29 is 18.3 Å². The Morgan fingerprint density at radius 3 is 2.67 bits per heavy atom. The summed E-state index contributed by atoms with van der Waals surface area (Å²) in [5.41, 5.74) is 2.67. The highest BCUT2D eigenvalue weighted by molar-refractivity contribution is 5.83. The van der Waals surface area contributed by atoms with E-state index in [0.29, 0.717) is 0 Å². The van der Waals surface area contributed by atoms with Gasteiger partial charge in [-0.2, -0.15) is 5.10 Å². The summed E-state index contributed by atoms with van der Waals surface area (Å²) in [6.07, 6.45) is 0. The van der Waals surface area contributed by atoms with Crippen LogP contribution in [0.15, 0.2) is 18.2 Å². The van der Waals surface area contributed by atoms with Crippen LogP contribution in [-0.4, -0.2) is 28.8 Å². The van der Waals surface area contributed by atoms with Crippen LogP contribution in [0.25, 0.3) is 0 Å². The van der Waals surface area contributed by atoms with Gasteiger partial charge in [0, 0.05) is 24.4 Å². The van der Waals surface area contributed by atoms with Crippen LogP contribution in [0, 0.1) is 25.5 Å². The van der Waals surface area contributed by atoms with Gasteiger partial charge in [-0.1, -0.05) is 0 Å². The summed E-state index contributed by atoms with van der Waals surface area (Å²) in [6.45, 7) is 5.91. The van der Waals surface area contributed by atoms with E-state index in [9.17, 15) is 13.6 Å². The maximum Gasteiger partial charge on any atom is 0.227 e. The van der Waals surface area contributed by atoms with Gasteiger partial charge in [-0.15, -0.1) is 0 Å². The molecule has 0 aliphatic carbocycles. The number of ether oxygens (including phenoxy) is 1. The summed E-state index contributed by atoms with van der Waals surface area (Å²) in [7, 11) is 1.83. The van der Waals surface area contributed by atoms with Crippen LogP contribution in [0.3, 0.4) is 0 Å². The predicted octanol–water partition coefficient (Wildman–Crippen LogP) is 2.61. The number of aromatic nitrogens is 2. The zero-order valence-electron chi connectivity index (χ0n) is 14.2. The summed E-state index contributed by atoms with van der Waals surface area (Å²) in [5, 5.41) is 7.05. The molecule has 1 aromatic heterocycles. The Bertz CT molecular complexity index is 744. The summed E-state index contributed by atoms with van der Waals surface area (Å²) >= 11 is 0. The molecular weight excluding hydrogens is 316 g/mol. The van der Waals surface area contributed by atoms with Gasteiger partial charge in [0.1, 0.15) is 12.4 Å². The molecule has 1 N–H and O–H groups in total. The second-order valence-electron chi connectivity index (χ2n) is 5.64. The molecular formula is C17H21F2N3O2. The number of nitrogens with zero attached hydrogens (tertiary/aromatic N) is 2. The van der Waals surface area contributed by atoms with Crippen LogP contribution in [0.5, 0.6) is 5.75 Å². The number of carbonyl (C=O) groups is 1. The first-order valence-electron chi connectivity index (χ1n) is 7.67. The molecule has 2 aromatic rings. The first kappa shape index (κ1) is 17.9. The van der Waals surface area contributed by atoms with Gasteiger partial charge in [-0.3, -0.25) is 9.48 Å². The summed E-state index contributed by atoms with van der Waals surface area (Å²) in [5.74, 6) is -1.98. The molecule has 0 unspecified atom stereocenters. The fourth-order valence-corrected chi connectivity index (χ4v) is 2.63. The van der Waals surface area contributed by atoms with Crippen LogP contribution in [-0.2, 0) is 11.8 Å². The number of nitrogens with one attached hydrogen (secondary N) is 1. The lowest BCUT2D eigenvalue weighted by Crippen LogP contribution is -2.32. The van der Waals surface area contributed by atoms with Gasteiger partial charge >= 0.3 is 0 Å². The predicted molar refractivity (Wildman–Crippen MR) is 86.0 cm³/mol. The third-order valence-electron chi connectivity index (χ3n) is 3.94. The second-order valence-corrected chi connectivity index (χ2v) is 5.64. The smallest absolute Gasteiger partial charge is 0.227 e. The highest BCUT2D eigenvalue weighted by Crippen LogP contribution is 2.22. The summed E-state index contributed by atoms with van der Waals surface area (Å²) in [4.78, 5) is 12.3. The lowest BCUT2D eigenvalue weighted by molar-refractivity contribution is -0.122. The first-order valence-corrected chi connectivity index (χ1v) is 7.67. The van der Waals surface area contributed by atoms with Gasteiger partial charge in [-0.25, -0.2) is 8.78 Å². The van der Waals surface area contributed by atoms with E-state index in [-0.39, 0.29) is 30.7 Å². The molecule has 0 aliphatic rings. The lowest BCUT2D eigenvalue weighted by Gasteiger charge is -2.13. The maximum absolute atomic E-state index is 13.4. The molecule has 1 amide bonds. The standard InChI is InChI=1S/C17H21F2N3O2/c1-10(16-11(2)21-22(4)12(16)3)17(23)20-7-8-24-15-6-5-13(18)9-14(15)19/h5-6,9-10H,7-8H2,1-4H3,(H,20,23)/t10-/m0/s1. The molecule has 0 saturated heterocycles. The molecule has 24 heavy (non-hydrogen) atoms. The van der Waals surface area contributed by atoms with Crippen LogP contribution in [0.4, 0.5) is 8.78 Å². The quantitative estimate of drug-likeness (QED) is 0.825. The van der Waals surface area contributed by atoms with E-state index in [4.69, 9.17) is 4.74 Å². The second kappa shape index (κ2) is 7.42. The SMILES string of the molecule is Cc1nn(C)c(C)c1[C@H](C)C(=O)NCCOc1ccc(F)cc1F. The van der Waals surface area contributed by atoms with Crippen molar-refractivity contribution in [3.63, 3.8) is 0 Å². The lowest BCUT2D eigenvalue weighted by atomic mass is 9.98. The van der Waals surface area contributed by atoms with Crippen molar-refractivity contribution in [2.75, 3.05) is 13.2 Å². The van der Waals surface area contributed by atoms with Crippen molar-refractivity contribution in [1.82, 2.24) is 15.1 Å². The number of aryl methyl sites for hydroxylation is 2. The average Bonchev–Trinajstić information content (AvgIpc) is 2.77. The number of rotatable bonds is 6. The normalized spacial score (nSPS) is 12.1. The zero-order valence-corrected chi connectivity index (χ0v) is 14.2. The molecule has 0 radical (unpaired) electrons. The molecule has 0 aliphatic heterocycles. The van der Waals surface area contributed by atoms with E-state index in [1.807, 2.05) is 27.8 Å². The minimum Gasteiger partial charge on any atom is -0.489 e. The number of amides is 1. The van der Waals surface area contributed by atoms with Gasteiger partial charge in [0.15, 0.2) is 11.6 Å². The molecule has 130 valence electrons. The molecule has 2 rings (SSSR count). The Labute approximate surface area is 139 Å². The number of carbonyl (C=O) groups excluding carboxylic acids is 1. The Balaban J connectivity index is 1.87. The Morgan fingerprint density at radius 2 is 2.08 bits per heavy atom. The summed E-state index contributed by atoms with van der Waals surface area (Å²) < 4.78 is 33.2. The first-order chi connectivity index (χ1) is 11.3. The van der Waals surface area contributed by atoms with Crippen LogP contribution < -0.4 is 10.1 Å². The molecule has 1 aromatic carbocycles. The molecule has 1 atom stereocenters. The van der Waals surface area contributed by atoms with Crippen molar-refractivity contribution in [2.24, 2.45) is 7.05 Å². The third kappa shape index (κ3) is 3.90. The monoisotopic (exact) mass is 337 g/mol. The Kier molecular flexibility index (Phi) is 5.54. The number of hydrogen-bond acceptors (Lipinski definition) is 3. The van der Waals surface area contributed by atoms with Gasteiger partial charge in [0.2, 0.25) is 5.91 Å². The zero-order chi connectivity index (χ0) is 17.9. The van der Waals surface area contributed by atoms with Crippen LogP contribution in [0.1, 0.15) is 29.8 Å². The number of benzene rings is 1. The largest absolute Gasteiger partial charge is 0.489 e. The highest BCUT2D eigenvalue weighted by Gasteiger charge is 2.22. The van der Waals surface area contributed by atoms with E-state index in [1.165, 1.54) is 6.07 Å². The van der Waals surface area contributed by atoms with Crippen LogP contribution in [0.2, 0.25) is 0 Å². The van der Waals surface area contributed by atoms with E-state index < -0.39 is 11.6 Å². The van der Waals surface area contributed by atoms with E-state index in [2.05, 4.69) is 10.4 Å². The highest BCUT2D eigenvalue weighted by atomic mass is 19.1. The van der Waals surface area contributed by atoms with Crippen LogP contribution >= 0.6 is 0 Å².